The van der Waals surface area contributed by atoms with Crippen LogP contribution in [0.2, 0.25) is 0 Å². The molecule has 0 spiro atoms. The molecule has 0 fully saturated rings. The third kappa shape index (κ3) is 3.09. The fourth-order valence-corrected chi connectivity index (χ4v) is 1.04. The smallest absolute Gasteiger partial charge is 0.230 e. The van der Waals surface area contributed by atoms with Gasteiger partial charge in [-0.25, -0.2) is 4.98 Å². The number of aromatic nitrogens is 1. The van der Waals surface area contributed by atoms with Gasteiger partial charge in [0, 0.05) is 11.6 Å². The van der Waals surface area contributed by atoms with Crippen molar-refractivity contribution in [1.29, 1.82) is 0 Å². The van der Waals surface area contributed by atoms with E-state index in [9.17, 15) is 4.79 Å². The monoisotopic (exact) mass is 216 g/mol. The second-order valence-corrected chi connectivity index (χ2v) is 4.48. The van der Waals surface area contributed by atoms with Crippen LogP contribution in [0.25, 0.3) is 0 Å². The maximum absolute atomic E-state index is 11.8. The fraction of sp³-hybridized carbons (Fsp3) is 0.385. The average molecular weight is 216 g/mol. The van der Waals surface area contributed by atoms with E-state index < -0.39 is 5.41 Å². The van der Waals surface area contributed by atoms with Crippen LogP contribution in [0.5, 0.6) is 0 Å². The number of hydrogen-bond acceptors (Lipinski definition) is 2. The zero-order valence-corrected chi connectivity index (χ0v) is 10.1. The normalized spacial score (nSPS) is 10.2. The third-order valence-corrected chi connectivity index (χ3v) is 1.98. The summed E-state index contributed by atoms with van der Waals surface area (Å²) in [7, 11) is 0. The lowest BCUT2D eigenvalue weighted by Gasteiger charge is -2.17. The molecular formula is C13H16N2O. The Balaban J connectivity index is 2.96. The average Bonchev–Trinajstić information content (AvgIpc) is 2.20. The first kappa shape index (κ1) is 12.3. The summed E-state index contributed by atoms with van der Waals surface area (Å²) in [6.07, 6.45) is 1.64. The van der Waals surface area contributed by atoms with Gasteiger partial charge in [-0.1, -0.05) is 26.7 Å². The summed E-state index contributed by atoms with van der Waals surface area (Å²) in [4.78, 5) is 15.9. The zero-order valence-electron chi connectivity index (χ0n) is 10.1. The van der Waals surface area contributed by atoms with Crippen molar-refractivity contribution in [2.45, 2.75) is 27.7 Å². The lowest BCUT2D eigenvalue weighted by Crippen LogP contribution is -2.28. The molecule has 1 aromatic heterocycles. The van der Waals surface area contributed by atoms with Crippen molar-refractivity contribution < 1.29 is 4.79 Å². The van der Waals surface area contributed by atoms with E-state index in [1.165, 1.54) is 0 Å². The molecule has 1 amide bonds. The number of carbonyl (C=O) groups is 1. The van der Waals surface area contributed by atoms with Gasteiger partial charge in [0.1, 0.15) is 5.82 Å². The second kappa shape index (κ2) is 4.80. The Hall–Kier alpha value is -1.82. The molecule has 3 nitrogen and oxygen atoms in total. The van der Waals surface area contributed by atoms with Crippen molar-refractivity contribution in [3.63, 3.8) is 0 Å². The van der Waals surface area contributed by atoms with Crippen LogP contribution < -0.4 is 5.32 Å². The molecular weight excluding hydrogens is 200 g/mol. The van der Waals surface area contributed by atoms with E-state index in [-0.39, 0.29) is 5.91 Å². The maximum Gasteiger partial charge on any atom is 0.230 e. The number of carbonyl (C=O) groups excluding carboxylic acids is 1. The van der Waals surface area contributed by atoms with E-state index in [0.29, 0.717) is 5.82 Å². The topological polar surface area (TPSA) is 42.0 Å². The number of hydrogen-bond donors (Lipinski definition) is 1. The predicted octanol–water partition coefficient (Wildman–Crippen LogP) is 2.44. The number of anilines is 1. The van der Waals surface area contributed by atoms with E-state index in [1.54, 1.807) is 19.2 Å². The summed E-state index contributed by atoms with van der Waals surface area (Å²) in [6.45, 7) is 7.33. The molecule has 1 aromatic rings. The van der Waals surface area contributed by atoms with E-state index in [0.717, 1.165) is 5.56 Å². The van der Waals surface area contributed by atoms with E-state index in [2.05, 4.69) is 22.1 Å². The molecule has 84 valence electrons. The number of nitrogens with zero attached hydrogens (tertiary/aromatic N) is 1. The molecule has 0 aromatic carbocycles. The SMILES string of the molecule is CC#Cc1cccnc1NC(=O)C(C)(C)C. The summed E-state index contributed by atoms with van der Waals surface area (Å²) in [5.74, 6) is 6.16. The molecule has 0 aliphatic rings. The number of rotatable bonds is 1. The summed E-state index contributed by atoms with van der Waals surface area (Å²) in [5.41, 5.74) is 0.302. The molecule has 0 aliphatic heterocycles. The van der Waals surface area contributed by atoms with Gasteiger partial charge in [-0.3, -0.25) is 4.79 Å². The van der Waals surface area contributed by atoms with Gasteiger partial charge in [-0.2, -0.15) is 0 Å². The summed E-state index contributed by atoms with van der Waals surface area (Å²) < 4.78 is 0. The molecule has 0 unspecified atom stereocenters. The molecule has 16 heavy (non-hydrogen) atoms. The van der Waals surface area contributed by atoms with Crippen LogP contribution in [0.3, 0.4) is 0 Å². The Morgan fingerprint density at radius 1 is 1.44 bits per heavy atom. The molecule has 0 saturated carbocycles. The highest BCUT2D eigenvalue weighted by Gasteiger charge is 2.22. The standard InChI is InChI=1S/C13H16N2O/c1-5-7-10-8-6-9-14-11(10)15-12(16)13(2,3)4/h6,8-9H,1-4H3,(H,14,15,16). The largest absolute Gasteiger partial charge is 0.309 e. The number of pyridine rings is 1. The van der Waals surface area contributed by atoms with Gasteiger partial charge >= 0.3 is 0 Å². The lowest BCUT2D eigenvalue weighted by molar-refractivity contribution is -0.123. The first-order chi connectivity index (χ1) is 7.45. The number of nitrogens with one attached hydrogen (secondary N) is 1. The second-order valence-electron chi connectivity index (χ2n) is 4.48. The predicted molar refractivity (Wildman–Crippen MR) is 64.9 cm³/mol. The fourth-order valence-electron chi connectivity index (χ4n) is 1.04. The van der Waals surface area contributed by atoms with Gasteiger partial charge in [-0.15, -0.1) is 5.92 Å². The van der Waals surface area contributed by atoms with Gasteiger partial charge in [0.25, 0.3) is 0 Å². The zero-order chi connectivity index (χ0) is 12.2. The Kier molecular flexibility index (Phi) is 3.68. The van der Waals surface area contributed by atoms with Crippen LogP contribution in [0, 0.1) is 17.3 Å². The van der Waals surface area contributed by atoms with Crippen molar-refractivity contribution in [1.82, 2.24) is 4.98 Å². The first-order valence-electron chi connectivity index (χ1n) is 5.14. The van der Waals surface area contributed by atoms with E-state index in [4.69, 9.17) is 0 Å². The highest BCUT2D eigenvalue weighted by molar-refractivity contribution is 5.94. The maximum atomic E-state index is 11.8. The van der Waals surface area contributed by atoms with Crippen molar-refractivity contribution >= 4 is 11.7 Å². The van der Waals surface area contributed by atoms with Crippen molar-refractivity contribution in [3.05, 3.63) is 23.9 Å². The van der Waals surface area contributed by atoms with Gasteiger partial charge in [0.15, 0.2) is 0 Å². The lowest BCUT2D eigenvalue weighted by atomic mass is 9.95. The van der Waals surface area contributed by atoms with Crippen molar-refractivity contribution in [3.8, 4) is 11.8 Å². The highest BCUT2D eigenvalue weighted by Crippen LogP contribution is 2.17. The Morgan fingerprint density at radius 3 is 2.69 bits per heavy atom. The van der Waals surface area contributed by atoms with Crippen molar-refractivity contribution in [2.75, 3.05) is 5.32 Å². The van der Waals surface area contributed by atoms with Crippen LogP contribution >= 0.6 is 0 Å². The van der Waals surface area contributed by atoms with Gasteiger partial charge in [0.05, 0.1) is 5.56 Å². The Bertz CT molecular complexity index is 447. The van der Waals surface area contributed by atoms with Gasteiger partial charge in [-0.05, 0) is 19.1 Å². The minimum absolute atomic E-state index is 0.0645. The van der Waals surface area contributed by atoms with Gasteiger partial charge < -0.3 is 5.32 Å². The van der Waals surface area contributed by atoms with Crippen LogP contribution in [0.4, 0.5) is 5.82 Å². The third-order valence-electron chi connectivity index (χ3n) is 1.98. The highest BCUT2D eigenvalue weighted by atomic mass is 16.2. The summed E-state index contributed by atoms with van der Waals surface area (Å²) >= 11 is 0. The molecule has 3 heteroatoms. The minimum Gasteiger partial charge on any atom is -0.309 e. The Morgan fingerprint density at radius 2 is 2.12 bits per heavy atom. The summed E-state index contributed by atoms with van der Waals surface area (Å²) in [6, 6.07) is 3.63. The molecule has 1 heterocycles. The van der Waals surface area contributed by atoms with E-state index >= 15 is 0 Å². The quantitative estimate of drug-likeness (QED) is 0.732. The van der Waals surface area contributed by atoms with Crippen LogP contribution in [0.15, 0.2) is 18.3 Å². The molecule has 0 atom stereocenters. The molecule has 0 aliphatic carbocycles. The molecule has 1 rings (SSSR count). The Labute approximate surface area is 96.3 Å². The van der Waals surface area contributed by atoms with Crippen LogP contribution in [-0.2, 0) is 4.79 Å². The first-order valence-corrected chi connectivity index (χ1v) is 5.14. The summed E-state index contributed by atoms with van der Waals surface area (Å²) in [5, 5.41) is 2.78. The van der Waals surface area contributed by atoms with Crippen LogP contribution in [0.1, 0.15) is 33.3 Å². The molecule has 0 bridgehead atoms. The van der Waals surface area contributed by atoms with Crippen LogP contribution in [-0.4, -0.2) is 10.9 Å². The van der Waals surface area contributed by atoms with E-state index in [1.807, 2.05) is 26.8 Å². The number of amides is 1. The minimum atomic E-state index is -0.436. The molecule has 0 saturated heterocycles. The van der Waals surface area contributed by atoms with Gasteiger partial charge in [0.2, 0.25) is 5.91 Å². The molecule has 1 N–H and O–H groups in total. The van der Waals surface area contributed by atoms with Crippen molar-refractivity contribution in [2.24, 2.45) is 5.41 Å². The molecule has 0 radical (unpaired) electrons.